The lowest BCUT2D eigenvalue weighted by Crippen LogP contribution is -2.56. The van der Waals surface area contributed by atoms with Crippen molar-refractivity contribution in [3.8, 4) is 0 Å². The van der Waals surface area contributed by atoms with E-state index in [0.29, 0.717) is 6.42 Å². The van der Waals surface area contributed by atoms with Gasteiger partial charge in [0.2, 0.25) is 5.91 Å². The van der Waals surface area contributed by atoms with Crippen LogP contribution in [0.4, 0.5) is 4.39 Å². The predicted molar refractivity (Wildman–Crippen MR) is 98.6 cm³/mol. The zero-order valence-electron chi connectivity index (χ0n) is 16.1. The zero-order valence-corrected chi connectivity index (χ0v) is 16.1. The van der Waals surface area contributed by atoms with Crippen molar-refractivity contribution in [2.24, 2.45) is 0 Å². The number of likely N-dealkylation sites (tertiary alicyclic amines) is 1. The van der Waals surface area contributed by atoms with Crippen LogP contribution in [-0.4, -0.2) is 71.2 Å². The van der Waals surface area contributed by atoms with Gasteiger partial charge in [-0.3, -0.25) is 33.8 Å². The molecule has 4 rings (SSSR count). The molecule has 10 heteroatoms. The second-order valence-electron chi connectivity index (χ2n) is 7.40. The molecule has 3 aliphatic heterocycles. The minimum Gasteiger partial charge on any atom is -0.463 e. The molecule has 1 N–H and O–H groups in total. The molecule has 2 atom stereocenters. The highest BCUT2D eigenvalue weighted by molar-refractivity contribution is 6.23. The van der Waals surface area contributed by atoms with Crippen LogP contribution in [0.3, 0.4) is 0 Å². The van der Waals surface area contributed by atoms with E-state index in [4.69, 9.17) is 4.74 Å². The molecule has 9 nitrogen and oxygen atoms in total. The summed E-state index contributed by atoms with van der Waals surface area (Å²) in [5.74, 6) is -4.15. The number of hydrogen-bond donors (Lipinski definition) is 1. The molecular weight excluding hydrogens is 397 g/mol. The molecule has 0 spiro atoms. The number of halogens is 1. The highest BCUT2D eigenvalue weighted by atomic mass is 19.1. The Morgan fingerprint density at radius 3 is 2.67 bits per heavy atom. The third kappa shape index (κ3) is 3.36. The highest BCUT2D eigenvalue weighted by Gasteiger charge is 2.47. The summed E-state index contributed by atoms with van der Waals surface area (Å²) in [6.45, 7) is 0.369. The SMILES string of the molecule is O=C(OCCN1C(=O)CCC(N2C(=O)c3cccc(F)c3C2=O)C1=O)[C@@H]1CCCN1. The van der Waals surface area contributed by atoms with Crippen molar-refractivity contribution in [2.45, 2.75) is 37.8 Å². The van der Waals surface area contributed by atoms with Gasteiger partial charge in [0.15, 0.2) is 0 Å². The van der Waals surface area contributed by atoms with E-state index in [1.165, 1.54) is 12.1 Å². The first-order valence-corrected chi connectivity index (χ1v) is 9.80. The number of amides is 4. The fourth-order valence-electron chi connectivity index (χ4n) is 4.06. The molecule has 158 valence electrons. The molecule has 0 aliphatic carbocycles. The second kappa shape index (κ2) is 7.94. The van der Waals surface area contributed by atoms with Gasteiger partial charge in [0.25, 0.3) is 17.7 Å². The van der Waals surface area contributed by atoms with Gasteiger partial charge in [-0.2, -0.15) is 0 Å². The summed E-state index contributed by atoms with van der Waals surface area (Å²) in [5, 5.41) is 3.00. The highest BCUT2D eigenvalue weighted by Crippen LogP contribution is 2.30. The Hall–Kier alpha value is -3.14. The lowest BCUT2D eigenvalue weighted by atomic mass is 10.0. The van der Waals surface area contributed by atoms with Crippen LogP contribution in [0, 0.1) is 5.82 Å². The zero-order chi connectivity index (χ0) is 21.4. The first-order chi connectivity index (χ1) is 14.4. The van der Waals surface area contributed by atoms with E-state index in [2.05, 4.69) is 5.32 Å². The molecule has 2 saturated heterocycles. The van der Waals surface area contributed by atoms with Crippen molar-refractivity contribution in [3.05, 3.63) is 35.1 Å². The number of rotatable bonds is 5. The summed E-state index contributed by atoms with van der Waals surface area (Å²) < 4.78 is 19.2. The lowest BCUT2D eigenvalue weighted by molar-refractivity contribution is -0.156. The number of esters is 1. The lowest BCUT2D eigenvalue weighted by Gasteiger charge is -2.34. The van der Waals surface area contributed by atoms with E-state index in [0.717, 1.165) is 28.8 Å². The Morgan fingerprint density at radius 2 is 1.97 bits per heavy atom. The van der Waals surface area contributed by atoms with Crippen molar-refractivity contribution in [1.82, 2.24) is 15.1 Å². The summed E-state index contributed by atoms with van der Waals surface area (Å²) in [7, 11) is 0. The molecule has 1 aromatic rings. The van der Waals surface area contributed by atoms with Gasteiger partial charge in [0.1, 0.15) is 24.5 Å². The molecule has 4 amide bonds. The first kappa shape index (κ1) is 20.1. The molecule has 0 bridgehead atoms. The van der Waals surface area contributed by atoms with Gasteiger partial charge in [0.05, 0.1) is 17.7 Å². The monoisotopic (exact) mass is 417 g/mol. The van der Waals surface area contributed by atoms with Crippen molar-refractivity contribution in [2.75, 3.05) is 19.7 Å². The number of fused-ring (bicyclic) bond motifs is 1. The van der Waals surface area contributed by atoms with E-state index >= 15 is 0 Å². The number of carbonyl (C=O) groups excluding carboxylic acids is 5. The molecular formula is C20H20FN3O6. The summed E-state index contributed by atoms with van der Waals surface area (Å²) in [5.41, 5.74) is -0.467. The van der Waals surface area contributed by atoms with Gasteiger partial charge < -0.3 is 10.1 Å². The molecule has 1 aromatic carbocycles. The largest absolute Gasteiger partial charge is 0.463 e. The van der Waals surface area contributed by atoms with Crippen LogP contribution in [0.15, 0.2) is 18.2 Å². The third-order valence-corrected chi connectivity index (χ3v) is 5.59. The van der Waals surface area contributed by atoms with E-state index in [1.54, 1.807) is 0 Å². The molecule has 3 aliphatic rings. The molecule has 0 aromatic heterocycles. The molecule has 30 heavy (non-hydrogen) atoms. The maximum atomic E-state index is 14.1. The number of benzene rings is 1. The number of imide groups is 2. The van der Waals surface area contributed by atoms with E-state index < -0.39 is 47.5 Å². The van der Waals surface area contributed by atoms with Gasteiger partial charge in [-0.15, -0.1) is 0 Å². The van der Waals surface area contributed by atoms with Crippen molar-refractivity contribution in [1.29, 1.82) is 0 Å². The molecule has 1 unspecified atom stereocenters. The predicted octanol–water partition coefficient (Wildman–Crippen LogP) is 0.234. The Morgan fingerprint density at radius 1 is 1.17 bits per heavy atom. The molecule has 0 saturated carbocycles. The topological polar surface area (TPSA) is 113 Å². The maximum Gasteiger partial charge on any atom is 0.323 e. The van der Waals surface area contributed by atoms with Gasteiger partial charge in [-0.25, -0.2) is 4.39 Å². The summed E-state index contributed by atoms with van der Waals surface area (Å²) in [6.07, 6.45) is 1.43. The number of hydrogen-bond acceptors (Lipinski definition) is 7. The minimum absolute atomic E-state index is 0.0347. The fourth-order valence-corrected chi connectivity index (χ4v) is 4.06. The van der Waals surface area contributed by atoms with Crippen LogP contribution in [0.5, 0.6) is 0 Å². The summed E-state index contributed by atoms with van der Waals surface area (Å²) >= 11 is 0. The Labute approximate surface area is 171 Å². The van der Waals surface area contributed by atoms with Gasteiger partial charge in [-0.05, 0) is 37.9 Å². The fraction of sp³-hybridized carbons (Fsp3) is 0.450. The van der Waals surface area contributed by atoms with Crippen LogP contribution < -0.4 is 5.32 Å². The summed E-state index contributed by atoms with van der Waals surface area (Å²) in [4.78, 5) is 64.0. The van der Waals surface area contributed by atoms with Gasteiger partial charge >= 0.3 is 5.97 Å². The Bertz CT molecular complexity index is 942. The van der Waals surface area contributed by atoms with Crippen LogP contribution in [0.1, 0.15) is 46.4 Å². The van der Waals surface area contributed by atoms with Crippen LogP contribution in [-0.2, 0) is 19.1 Å². The van der Waals surface area contributed by atoms with Crippen molar-refractivity contribution < 1.29 is 33.1 Å². The van der Waals surface area contributed by atoms with Crippen LogP contribution in [0.25, 0.3) is 0 Å². The van der Waals surface area contributed by atoms with Crippen molar-refractivity contribution in [3.63, 3.8) is 0 Å². The Balaban J connectivity index is 1.44. The molecule has 3 heterocycles. The van der Waals surface area contributed by atoms with Crippen molar-refractivity contribution >= 4 is 29.6 Å². The minimum atomic E-state index is -1.21. The summed E-state index contributed by atoms with van der Waals surface area (Å²) in [6, 6.07) is 2.11. The van der Waals surface area contributed by atoms with E-state index in [9.17, 15) is 28.4 Å². The molecule has 0 radical (unpaired) electrons. The number of nitrogens with zero attached hydrogens (tertiary/aromatic N) is 2. The number of piperidine rings is 1. The molecule has 2 fully saturated rings. The number of carbonyl (C=O) groups is 5. The van der Waals surface area contributed by atoms with Gasteiger partial charge in [0, 0.05) is 6.42 Å². The second-order valence-corrected chi connectivity index (χ2v) is 7.40. The standard InChI is InChI=1S/C20H20FN3O6/c21-12-4-1-3-11-16(12)19(28)24(17(11)26)14-6-7-15(25)23(18(14)27)9-10-30-20(29)13-5-2-8-22-13/h1,3-4,13-14,22H,2,5-10H2/t13-,14?/m0/s1. The van der Waals surface area contributed by atoms with E-state index in [-0.39, 0.29) is 37.1 Å². The number of ether oxygens (including phenoxy) is 1. The van der Waals surface area contributed by atoms with Gasteiger partial charge in [-0.1, -0.05) is 6.07 Å². The quantitative estimate of drug-likeness (QED) is 0.539. The van der Waals surface area contributed by atoms with Crippen LogP contribution >= 0.6 is 0 Å². The third-order valence-electron chi connectivity index (χ3n) is 5.59. The first-order valence-electron chi connectivity index (χ1n) is 9.80. The average molecular weight is 417 g/mol. The normalized spacial score (nSPS) is 23.9. The number of nitrogens with one attached hydrogen (secondary N) is 1. The van der Waals surface area contributed by atoms with E-state index in [1.807, 2.05) is 0 Å². The smallest absolute Gasteiger partial charge is 0.323 e. The Kier molecular flexibility index (Phi) is 5.33. The van der Waals surface area contributed by atoms with Crippen LogP contribution in [0.2, 0.25) is 0 Å². The maximum absolute atomic E-state index is 14.1. The average Bonchev–Trinajstić information content (AvgIpc) is 3.34.